The van der Waals surface area contributed by atoms with Crippen molar-refractivity contribution in [2.24, 2.45) is 0 Å². The molecule has 5 heteroatoms. The number of esters is 2. The molecule has 0 aliphatic carbocycles. The van der Waals surface area contributed by atoms with Crippen LogP contribution in [0, 0.1) is 0 Å². The van der Waals surface area contributed by atoms with Crippen LogP contribution in [0.25, 0.3) is 6.08 Å². The lowest BCUT2D eigenvalue weighted by atomic mass is 10.1. The molecule has 0 amide bonds. The van der Waals surface area contributed by atoms with E-state index in [2.05, 4.69) is 6.58 Å². The molecule has 0 spiro atoms. The molecule has 0 saturated heterocycles. The maximum Gasteiger partial charge on any atom is 0.311 e. The van der Waals surface area contributed by atoms with Crippen molar-refractivity contribution >= 4 is 18.0 Å². The monoisotopic (exact) mass is 278 g/mol. The van der Waals surface area contributed by atoms with Crippen LogP contribution in [-0.2, 0) is 16.2 Å². The largest absolute Gasteiger partial charge is 0.422 e. The van der Waals surface area contributed by atoms with Crippen molar-refractivity contribution in [1.29, 1.82) is 0 Å². The Labute approximate surface area is 117 Å². The van der Waals surface area contributed by atoms with Gasteiger partial charge < -0.3 is 14.6 Å². The van der Waals surface area contributed by atoms with Crippen LogP contribution in [0.15, 0.2) is 18.7 Å². The number of rotatable bonds is 6. The van der Waals surface area contributed by atoms with Crippen LogP contribution in [0.4, 0.5) is 0 Å². The molecule has 1 rings (SSSR count). The van der Waals surface area contributed by atoms with Gasteiger partial charge in [-0.3, -0.25) is 9.59 Å². The summed E-state index contributed by atoms with van der Waals surface area (Å²) in [6.07, 6.45) is 2.45. The van der Waals surface area contributed by atoms with Gasteiger partial charge in [0.25, 0.3) is 0 Å². The van der Waals surface area contributed by atoms with Gasteiger partial charge in [0, 0.05) is 18.9 Å². The number of benzene rings is 1. The van der Waals surface area contributed by atoms with Crippen LogP contribution < -0.4 is 9.47 Å². The Balaban J connectivity index is 3.24. The topological polar surface area (TPSA) is 72.8 Å². The first-order chi connectivity index (χ1) is 9.51. The second-order valence-corrected chi connectivity index (χ2v) is 4.19. The zero-order chi connectivity index (χ0) is 15.1. The average Bonchev–Trinajstić information content (AvgIpc) is 2.40. The summed E-state index contributed by atoms with van der Waals surface area (Å²) < 4.78 is 10.2. The van der Waals surface area contributed by atoms with Gasteiger partial charge in [-0.2, -0.15) is 0 Å². The quantitative estimate of drug-likeness (QED) is 0.639. The number of hydrogen-bond acceptors (Lipinski definition) is 5. The molecule has 1 N–H and O–H groups in total. The lowest BCUT2D eigenvalue weighted by molar-refractivity contribution is -0.136. The summed E-state index contributed by atoms with van der Waals surface area (Å²) in [6.45, 7) is 6.37. The second kappa shape index (κ2) is 7.45. The van der Waals surface area contributed by atoms with E-state index >= 15 is 0 Å². The molecule has 0 aromatic heterocycles. The van der Waals surface area contributed by atoms with Crippen molar-refractivity contribution in [3.05, 3.63) is 29.8 Å². The molecular formula is C15H18O5. The maximum atomic E-state index is 11.6. The van der Waals surface area contributed by atoms with E-state index in [0.717, 1.165) is 0 Å². The summed E-state index contributed by atoms with van der Waals surface area (Å²) in [6, 6.07) is 3.15. The molecule has 0 aliphatic heterocycles. The summed E-state index contributed by atoms with van der Waals surface area (Å²) in [5.41, 5.74) is 1.01. The molecule has 0 heterocycles. The van der Waals surface area contributed by atoms with Crippen molar-refractivity contribution in [2.75, 3.05) is 0 Å². The number of ether oxygens (including phenoxy) is 2. The standard InChI is InChI=1S/C15H18O5/c1-4-6-14(18)20-13-8-11(5-2)7-12(9-16)15(13)19-10(3)17/h5,7-8,16H,2,4,6,9H2,1,3H3. The molecule has 0 radical (unpaired) electrons. The Morgan fingerprint density at radius 3 is 2.55 bits per heavy atom. The van der Waals surface area contributed by atoms with Crippen molar-refractivity contribution < 1.29 is 24.2 Å². The lowest BCUT2D eigenvalue weighted by Crippen LogP contribution is -2.11. The van der Waals surface area contributed by atoms with Gasteiger partial charge in [0.05, 0.1) is 6.61 Å². The number of aliphatic hydroxyl groups is 1. The fourth-order valence-corrected chi connectivity index (χ4v) is 1.63. The van der Waals surface area contributed by atoms with Gasteiger partial charge in [-0.15, -0.1) is 0 Å². The molecule has 0 atom stereocenters. The van der Waals surface area contributed by atoms with E-state index in [1.165, 1.54) is 13.0 Å². The fraction of sp³-hybridized carbons (Fsp3) is 0.333. The highest BCUT2D eigenvalue weighted by atomic mass is 16.6. The Morgan fingerprint density at radius 2 is 2.05 bits per heavy atom. The van der Waals surface area contributed by atoms with E-state index < -0.39 is 11.9 Å². The summed E-state index contributed by atoms with van der Waals surface area (Å²) in [4.78, 5) is 22.7. The predicted octanol–water partition coefficient (Wildman–Crippen LogP) is 2.45. The highest BCUT2D eigenvalue weighted by molar-refractivity contribution is 5.76. The van der Waals surface area contributed by atoms with Crippen molar-refractivity contribution in [1.82, 2.24) is 0 Å². The van der Waals surface area contributed by atoms with Gasteiger partial charge in [-0.05, 0) is 24.1 Å². The van der Waals surface area contributed by atoms with E-state index in [1.807, 2.05) is 6.92 Å². The zero-order valence-electron chi connectivity index (χ0n) is 11.6. The molecule has 5 nitrogen and oxygen atoms in total. The molecule has 108 valence electrons. The third-order valence-corrected chi connectivity index (χ3v) is 2.48. The Bertz CT molecular complexity index is 519. The summed E-state index contributed by atoms with van der Waals surface area (Å²) in [5, 5.41) is 9.35. The number of aliphatic hydroxyl groups excluding tert-OH is 1. The molecule has 0 saturated carbocycles. The number of carbonyl (C=O) groups is 2. The third kappa shape index (κ3) is 4.20. The molecule has 0 aliphatic rings. The molecular weight excluding hydrogens is 260 g/mol. The summed E-state index contributed by atoms with van der Waals surface area (Å²) in [5.74, 6) is -0.806. The van der Waals surface area contributed by atoms with Crippen molar-refractivity contribution in [3.63, 3.8) is 0 Å². The van der Waals surface area contributed by atoms with E-state index in [4.69, 9.17) is 9.47 Å². The van der Waals surface area contributed by atoms with Crippen molar-refractivity contribution in [2.45, 2.75) is 33.3 Å². The van der Waals surface area contributed by atoms with Gasteiger partial charge in [0.1, 0.15) is 0 Å². The van der Waals surface area contributed by atoms with Gasteiger partial charge >= 0.3 is 11.9 Å². The van der Waals surface area contributed by atoms with E-state index in [0.29, 0.717) is 17.5 Å². The Kier molecular flexibility index (Phi) is 5.93. The van der Waals surface area contributed by atoms with E-state index in [-0.39, 0.29) is 24.5 Å². The lowest BCUT2D eigenvalue weighted by Gasteiger charge is -2.14. The van der Waals surface area contributed by atoms with E-state index in [1.54, 1.807) is 12.1 Å². The minimum Gasteiger partial charge on any atom is -0.422 e. The van der Waals surface area contributed by atoms with Gasteiger partial charge in [0.15, 0.2) is 11.5 Å². The fourth-order valence-electron chi connectivity index (χ4n) is 1.63. The Morgan fingerprint density at radius 1 is 1.35 bits per heavy atom. The van der Waals surface area contributed by atoms with Gasteiger partial charge in [-0.25, -0.2) is 0 Å². The first-order valence-electron chi connectivity index (χ1n) is 6.31. The normalized spacial score (nSPS) is 9.95. The Hall–Kier alpha value is -2.14. The van der Waals surface area contributed by atoms with Crippen LogP contribution in [0.1, 0.15) is 37.8 Å². The zero-order valence-corrected chi connectivity index (χ0v) is 11.6. The molecule has 20 heavy (non-hydrogen) atoms. The summed E-state index contributed by atoms with van der Waals surface area (Å²) in [7, 11) is 0. The van der Waals surface area contributed by atoms with Gasteiger partial charge in [0.2, 0.25) is 0 Å². The van der Waals surface area contributed by atoms with Crippen LogP contribution >= 0.6 is 0 Å². The van der Waals surface area contributed by atoms with Crippen LogP contribution in [0.2, 0.25) is 0 Å². The smallest absolute Gasteiger partial charge is 0.311 e. The number of carbonyl (C=O) groups excluding carboxylic acids is 2. The van der Waals surface area contributed by atoms with Crippen molar-refractivity contribution in [3.8, 4) is 11.5 Å². The van der Waals surface area contributed by atoms with Crippen LogP contribution in [0.3, 0.4) is 0 Å². The first kappa shape index (κ1) is 15.9. The molecule has 1 aromatic rings. The molecule has 0 bridgehead atoms. The average molecular weight is 278 g/mol. The first-order valence-corrected chi connectivity index (χ1v) is 6.31. The SMILES string of the molecule is C=Cc1cc(CO)c(OC(C)=O)c(OC(=O)CCC)c1. The third-order valence-electron chi connectivity index (χ3n) is 2.48. The maximum absolute atomic E-state index is 11.6. The minimum absolute atomic E-state index is 0.0649. The minimum atomic E-state index is -0.557. The van der Waals surface area contributed by atoms with Gasteiger partial charge in [-0.1, -0.05) is 19.6 Å². The van der Waals surface area contributed by atoms with Crippen LogP contribution in [-0.4, -0.2) is 17.0 Å². The molecule has 0 fully saturated rings. The predicted molar refractivity (Wildman–Crippen MR) is 74.3 cm³/mol. The number of hydrogen-bond donors (Lipinski definition) is 1. The highest BCUT2D eigenvalue weighted by Crippen LogP contribution is 2.34. The summed E-state index contributed by atoms with van der Waals surface area (Å²) >= 11 is 0. The van der Waals surface area contributed by atoms with E-state index in [9.17, 15) is 14.7 Å². The van der Waals surface area contributed by atoms with Crippen LogP contribution in [0.5, 0.6) is 11.5 Å². The molecule has 1 aromatic carbocycles. The second-order valence-electron chi connectivity index (χ2n) is 4.19. The molecule has 0 unspecified atom stereocenters. The highest BCUT2D eigenvalue weighted by Gasteiger charge is 2.17.